The molecule has 4 heterocycles. The average molecular weight is 381 g/mol. The van der Waals surface area contributed by atoms with Crippen LogP contribution in [-0.4, -0.2) is 45.9 Å². The van der Waals surface area contributed by atoms with Gasteiger partial charge < -0.3 is 15.1 Å². The summed E-state index contributed by atoms with van der Waals surface area (Å²) in [7, 11) is 3.78. The number of fused-ring (bicyclic) bond motifs is 1. The first-order valence-electron chi connectivity index (χ1n) is 8.53. The fraction of sp³-hybridized carbons (Fsp3) is 0.278. The number of likely N-dealkylation sites (N-methyl/N-ethyl adjacent to an activating group) is 1. The lowest BCUT2D eigenvalue weighted by molar-refractivity contribution is -0.116. The number of hydrogen-bond acceptors (Lipinski definition) is 8. The summed E-state index contributed by atoms with van der Waals surface area (Å²) < 4.78 is 4.42. The van der Waals surface area contributed by atoms with Crippen LogP contribution in [0.2, 0.25) is 0 Å². The molecular formula is C18H19N7OS. The second-order valence-electron chi connectivity index (χ2n) is 6.37. The number of nitrogens with zero attached hydrogens (tertiary/aromatic N) is 6. The molecule has 1 N–H and O–H groups in total. The summed E-state index contributed by atoms with van der Waals surface area (Å²) in [5.74, 6) is 1.06. The number of pyridine rings is 2. The molecule has 0 spiro atoms. The minimum absolute atomic E-state index is 0.0729. The molecule has 9 heteroatoms. The zero-order valence-electron chi connectivity index (χ0n) is 15.3. The monoisotopic (exact) mass is 381 g/mol. The van der Waals surface area contributed by atoms with Gasteiger partial charge in [-0.2, -0.15) is 9.36 Å². The van der Waals surface area contributed by atoms with E-state index in [0.29, 0.717) is 22.5 Å². The van der Waals surface area contributed by atoms with Crippen molar-refractivity contribution in [3.05, 3.63) is 36.2 Å². The quantitative estimate of drug-likeness (QED) is 0.743. The number of aromatic nitrogens is 4. The van der Waals surface area contributed by atoms with Crippen molar-refractivity contribution in [2.45, 2.75) is 13.3 Å². The van der Waals surface area contributed by atoms with Crippen molar-refractivity contribution >= 4 is 39.8 Å². The standard InChI is InChI=1S/C18H19N7OS/c1-11(26)25(3)14-5-4-7-19-17(14)22-18-21-16(23-27-18)13-9-12-6-8-24(2)15(12)10-20-13/h4-5,7,9-10H,6,8H2,1-3H3,(H,19,21,22,23). The van der Waals surface area contributed by atoms with Crippen molar-refractivity contribution in [3.8, 4) is 11.5 Å². The SMILES string of the molecule is CC(=O)N(C)c1cccnc1Nc1nc(-c2cc3c(cn2)N(C)CC3)ns1. The second-order valence-corrected chi connectivity index (χ2v) is 7.12. The molecule has 27 heavy (non-hydrogen) atoms. The number of nitrogens with one attached hydrogen (secondary N) is 1. The molecule has 0 unspecified atom stereocenters. The van der Waals surface area contributed by atoms with E-state index in [2.05, 4.69) is 42.7 Å². The van der Waals surface area contributed by atoms with Gasteiger partial charge in [-0.25, -0.2) is 4.98 Å². The lowest BCUT2D eigenvalue weighted by Crippen LogP contribution is -2.23. The first kappa shape index (κ1) is 17.3. The van der Waals surface area contributed by atoms with Crippen LogP contribution in [0.5, 0.6) is 0 Å². The van der Waals surface area contributed by atoms with Crippen LogP contribution >= 0.6 is 11.5 Å². The smallest absolute Gasteiger partial charge is 0.223 e. The Labute approximate surface area is 161 Å². The van der Waals surface area contributed by atoms with Crippen LogP contribution in [0.4, 0.5) is 22.3 Å². The number of hydrogen-bond donors (Lipinski definition) is 1. The molecule has 1 amide bonds. The summed E-state index contributed by atoms with van der Waals surface area (Å²) in [5, 5.41) is 3.76. The Morgan fingerprint density at radius 2 is 2.22 bits per heavy atom. The van der Waals surface area contributed by atoms with E-state index in [-0.39, 0.29) is 5.91 Å². The highest BCUT2D eigenvalue weighted by Gasteiger charge is 2.19. The number of carbonyl (C=O) groups is 1. The summed E-state index contributed by atoms with van der Waals surface area (Å²) in [6.07, 6.45) is 4.55. The summed E-state index contributed by atoms with van der Waals surface area (Å²) in [6, 6.07) is 5.68. The molecule has 0 saturated heterocycles. The molecule has 1 aliphatic heterocycles. The predicted molar refractivity (Wildman–Crippen MR) is 107 cm³/mol. The number of anilines is 4. The Hall–Kier alpha value is -3.07. The third-order valence-corrected chi connectivity index (χ3v) is 5.22. The van der Waals surface area contributed by atoms with Crippen LogP contribution in [0, 0.1) is 0 Å². The van der Waals surface area contributed by atoms with Gasteiger partial charge in [-0.15, -0.1) is 0 Å². The fourth-order valence-corrected chi connectivity index (χ4v) is 3.55. The van der Waals surface area contributed by atoms with Gasteiger partial charge in [0.15, 0.2) is 11.6 Å². The van der Waals surface area contributed by atoms with E-state index in [1.807, 2.05) is 12.3 Å². The Bertz CT molecular complexity index is 1000. The molecular weight excluding hydrogens is 362 g/mol. The highest BCUT2D eigenvalue weighted by atomic mass is 32.1. The summed E-state index contributed by atoms with van der Waals surface area (Å²) in [6.45, 7) is 2.51. The maximum atomic E-state index is 11.7. The van der Waals surface area contributed by atoms with Crippen LogP contribution in [0.1, 0.15) is 12.5 Å². The molecule has 4 rings (SSSR count). The Kier molecular flexibility index (Phi) is 4.44. The van der Waals surface area contributed by atoms with Crippen molar-refractivity contribution in [1.29, 1.82) is 0 Å². The van der Waals surface area contributed by atoms with Gasteiger partial charge in [0.05, 0.1) is 17.6 Å². The van der Waals surface area contributed by atoms with Crippen molar-refractivity contribution in [2.75, 3.05) is 35.8 Å². The minimum Gasteiger partial charge on any atom is -0.373 e. The maximum Gasteiger partial charge on any atom is 0.223 e. The van der Waals surface area contributed by atoms with Gasteiger partial charge in [-0.1, -0.05) is 0 Å². The fourth-order valence-electron chi connectivity index (χ4n) is 2.98. The lowest BCUT2D eigenvalue weighted by Gasteiger charge is -2.17. The predicted octanol–water partition coefficient (Wildman–Crippen LogP) is 2.71. The molecule has 0 bridgehead atoms. The minimum atomic E-state index is -0.0729. The lowest BCUT2D eigenvalue weighted by atomic mass is 10.2. The average Bonchev–Trinajstić information content (AvgIpc) is 3.28. The second kappa shape index (κ2) is 6.92. The molecule has 0 aromatic carbocycles. The summed E-state index contributed by atoms with van der Waals surface area (Å²) in [4.78, 5) is 28.8. The Morgan fingerprint density at radius 1 is 1.37 bits per heavy atom. The third kappa shape index (κ3) is 3.33. The Balaban J connectivity index is 1.59. The molecule has 0 fully saturated rings. The van der Waals surface area contributed by atoms with Crippen LogP contribution in [0.3, 0.4) is 0 Å². The van der Waals surface area contributed by atoms with E-state index in [0.717, 1.165) is 24.3 Å². The first-order chi connectivity index (χ1) is 13.0. The van der Waals surface area contributed by atoms with Crippen molar-refractivity contribution in [3.63, 3.8) is 0 Å². The zero-order valence-corrected chi connectivity index (χ0v) is 16.1. The first-order valence-corrected chi connectivity index (χ1v) is 9.31. The Morgan fingerprint density at radius 3 is 3.04 bits per heavy atom. The molecule has 0 aliphatic carbocycles. The zero-order chi connectivity index (χ0) is 19.0. The van der Waals surface area contributed by atoms with Gasteiger partial charge in [0.2, 0.25) is 11.0 Å². The van der Waals surface area contributed by atoms with Gasteiger partial charge in [0, 0.05) is 45.3 Å². The molecule has 0 atom stereocenters. The van der Waals surface area contributed by atoms with Crippen molar-refractivity contribution in [2.24, 2.45) is 0 Å². The maximum absolute atomic E-state index is 11.7. The van der Waals surface area contributed by atoms with E-state index < -0.39 is 0 Å². The molecule has 0 radical (unpaired) electrons. The van der Waals surface area contributed by atoms with E-state index in [1.54, 1.807) is 19.3 Å². The van der Waals surface area contributed by atoms with Crippen LogP contribution in [0.15, 0.2) is 30.6 Å². The molecule has 1 aliphatic rings. The number of carbonyl (C=O) groups excluding carboxylic acids is 1. The molecule has 0 saturated carbocycles. The van der Waals surface area contributed by atoms with Crippen molar-refractivity contribution in [1.82, 2.24) is 19.3 Å². The van der Waals surface area contributed by atoms with Crippen LogP contribution in [-0.2, 0) is 11.2 Å². The van der Waals surface area contributed by atoms with E-state index >= 15 is 0 Å². The largest absolute Gasteiger partial charge is 0.373 e. The highest BCUT2D eigenvalue weighted by Crippen LogP contribution is 2.31. The normalized spacial score (nSPS) is 12.8. The van der Waals surface area contributed by atoms with E-state index in [9.17, 15) is 4.79 Å². The summed E-state index contributed by atoms with van der Waals surface area (Å²) >= 11 is 1.24. The highest BCUT2D eigenvalue weighted by molar-refractivity contribution is 7.09. The van der Waals surface area contributed by atoms with Gasteiger partial charge in [-0.05, 0) is 30.2 Å². The van der Waals surface area contributed by atoms with Gasteiger partial charge in [0.1, 0.15) is 5.69 Å². The number of rotatable bonds is 4. The van der Waals surface area contributed by atoms with Gasteiger partial charge >= 0.3 is 0 Å². The summed E-state index contributed by atoms with van der Waals surface area (Å²) in [5.41, 5.74) is 3.87. The number of amides is 1. The topological polar surface area (TPSA) is 87.1 Å². The molecule has 138 valence electrons. The molecule has 3 aromatic rings. The van der Waals surface area contributed by atoms with Crippen LogP contribution < -0.4 is 15.1 Å². The third-order valence-electron chi connectivity index (χ3n) is 4.59. The van der Waals surface area contributed by atoms with E-state index in [4.69, 9.17) is 0 Å². The molecule has 8 nitrogen and oxygen atoms in total. The van der Waals surface area contributed by atoms with Gasteiger partial charge in [-0.3, -0.25) is 9.78 Å². The van der Waals surface area contributed by atoms with Gasteiger partial charge in [0.25, 0.3) is 0 Å². The van der Waals surface area contributed by atoms with Crippen LogP contribution in [0.25, 0.3) is 11.5 Å². The van der Waals surface area contributed by atoms with E-state index in [1.165, 1.54) is 28.9 Å². The molecule has 3 aromatic heterocycles. The van der Waals surface area contributed by atoms with Crippen molar-refractivity contribution < 1.29 is 4.79 Å².